The van der Waals surface area contributed by atoms with Gasteiger partial charge in [-0.25, -0.2) is 8.42 Å². The van der Waals surface area contributed by atoms with Crippen LogP contribution in [0, 0.1) is 13.8 Å². The summed E-state index contributed by atoms with van der Waals surface area (Å²) < 4.78 is 29.2. The average Bonchev–Trinajstić information content (AvgIpc) is 3.12. The molecule has 2 N–H and O–H groups in total. The molecule has 3 rings (SSSR count). The molecule has 0 bridgehead atoms. The number of nitrogens with one attached hydrogen (secondary N) is 2. The van der Waals surface area contributed by atoms with Crippen molar-refractivity contribution in [2.45, 2.75) is 30.0 Å². The molecule has 11 heteroatoms. The second-order valence-electron chi connectivity index (χ2n) is 6.26. The van der Waals surface area contributed by atoms with Gasteiger partial charge in [-0.2, -0.15) is 0 Å². The van der Waals surface area contributed by atoms with Crippen LogP contribution in [0.3, 0.4) is 0 Å². The molecule has 0 spiro atoms. The van der Waals surface area contributed by atoms with Crippen LogP contribution in [0.1, 0.15) is 28.4 Å². The van der Waals surface area contributed by atoms with Gasteiger partial charge in [0.2, 0.25) is 5.13 Å². The van der Waals surface area contributed by atoms with Crippen molar-refractivity contribution in [3.8, 4) is 0 Å². The SMILES string of the molecule is CCSc1nnc(NC(=O)c2ccc(Cl)c(S(=O)(=O)Nc3cccc(C)c3C)c2)s1. The highest BCUT2D eigenvalue weighted by molar-refractivity contribution is 8.01. The zero-order chi connectivity index (χ0) is 21.9. The van der Waals surface area contributed by atoms with E-state index in [1.54, 1.807) is 12.1 Å². The minimum Gasteiger partial charge on any atom is -0.296 e. The number of thioether (sulfide) groups is 1. The van der Waals surface area contributed by atoms with Crippen molar-refractivity contribution in [2.24, 2.45) is 0 Å². The van der Waals surface area contributed by atoms with Crippen LogP contribution in [0.5, 0.6) is 0 Å². The molecule has 0 saturated heterocycles. The molecular weight excluding hydrogens is 464 g/mol. The Bertz CT molecular complexity index is 1200. The van der Waals surface area contributed by atoms with Crippen LogP contribution in [0.4, 0.5) is 10.8 Å². The highest BCUT2D eigenvalue weighted by Gasteiger charge is 2.22. The minimum atomic E-state index is -4.01. The van der Waals surface area contributed by atoms with Crippen molar-refractivity contribution in [3.63, 3.8) is 0 Å². The smallest absolute Gasteiger partial charge is 0.263 e. The maximum Gasteiger partial charge on any atom is 0.263 e. The number of aromatic nitrogens is 2. The fraction of sp³-hybridized carbons (Fsp3) is 0.211. The van der Waals surface area contributed by atoms with Gasteiger partial charge >= 0.3 is 0 Å². The quantitative estimate of drug-likeness (QED) is 0.364. The number of rotatable bonds is 7. The van der Waals surface area contributed by atoms with Crippen LogP contribution in [-0.4, -0.2) is 30.3 Å². The van der Waals surface area contributed by atoms with Gasteiger partial charge in [0.1, 0.15) is 4.90 Å². The van der Waals surface area contributed by atoms with Crippen LogP contribution in [-0.2, 0) is 10.0 Å². The first-order chi connectivity index (χ1) is 14.2. The molecule has 0 saturated carbocycles. The molecular formula is C19H19ClN4O3S3. The van der Waals surface area contributed by atoms with Crippen LogP contribution < -0.4 is 10.0 Å². The van der Waals surface area contributed by atoms with Crippen LogP contribution >= 0.6 is 34.7 Å². The molecule has 7 nitrogen and oxygen atoms in total. The van der Waals surface area contributed by atoms with E-state index in [9.17, 15) is 13.2 Å². The largest absolute Gasteiger partial charge is 0.296 e. The minimum absolute atomic E-state index is 0.0157. The highest BCUT2D eigenvalue weighted by Crippen LogP contribution is 2.28. The summed E-state index contributed by atoms with van der Waals surface area (Å²) in [6.07, 6.45) is 0. The van der Waals surface area contributed by atoms with E-state index >= 15 is 0 Å². The Morgan fingerprint density at radius 2 is 1.97 bits per heavy atom. The Morgan fingerprint density at radius 1 is 1.20 bits per heavy atom. The normalized spacial score (nSPS) is 11.3. The molecule has 0 atom stereocenters. The first-order valence-electron chi connectivity index (χ1n) is 8.87. The third kappa shape index (κ3) is 5.12. The van der Waals surface area contributed by atoms with E-state index in [1.165, 1.54) is 41.3 Å². The van der Waals surface area contributed by atoms with Gasteiger partial charge in [-0.1, -0.05) is 53.8 Å². The van der Waals surface area contributed by atoms with Crippen molar-refractivity contribution in [1.29, 1.82) is 0 Å². The van der Waals surface area contributed by atoms with Gasteiger partial charge in [-0.15, -0.1) is 10.2 Å². The van der Waals surface area contributed by atoms with E-state index in [0.717, 1.165) is 21.2 Å². The predicted molar refractivity (Wildman–Crippen MR) is 122 cm³/mol. The zero-order valence-corrected chi connectivity index (χ0v) is 19.6. The molecule has 158 valence electrons. The lowest BCUT2D eigenvalue weighted by atomic mass is 10.1. The number of nitrogens with zero attached hydrogens (tertiary/aromatic N) is 2. The first kappa shape index (κ1) is 22.5. The number of sulfonamides is 1. The van der Waals surface area contributed by atoms with Crippen molar-refractivity contribution in [3.05, 3.63) is 58.1 Å². The Balaban J connectivity index is 1.86. The molecule has 0 aliphatic rings. The molecule has 1 heterocycles. The fourth-order valence-corrected chi connectivity index (χ4v) is 5.82. The Morgan fingerprint density at radius 3 is 2.70 bits per heavy atom. The number of hydrogen-bond donors (Lipinski definition) is 2. The van der Waals surface area contributed by atoms with Crippen molar-refractivity contribution in [2.75, 3.05) is 15.8 Å². The average molecular weight is 483 g/mol. The van der Waals surface area contributed by atoms with E-state index in [1.807, 2.05) is 26.8 Å². The van der Waals surface area contributed by atoms with Crippen molar-refractivity contribution >= 4 is 61.4 Å². The zero-order valence-electron chi connectivity index (χ0n) is 16.4. The standard InChI is InChI=1S/C19H19ClN4O3S3/c1-4-28-19-23-22-18(29-19)21-17(25)13-8-9-14(20)16(10-13)30(26,27)24-15-7-5-6-11(2)12(15)3/h5-10,24H,4H2,1-3H3,(H,21,22,25). The monoisotopic (exact) mass is 482 g/mol. The summed E-state index contributed by atoms with van der Waals surface area (Å²) in [5.41, 5.74) is 2.35. The summed E-state index contributed by atoms with van der Waals surface area (Å²) in [5.74, 6) is 0.341. The van der Waals surface area contributed by atoms with E-state index in [-0.39, 0.29) is 15.5 Å². The molecule has 0 unspecified atom stereocenters. The molecule has 0 aliphatic heterocycles. The molecule has 30 heavy (non-hydrogen) atoms. The number of amides is 1. The lowest BCUT2D eigenvalue weighted by Gasteiger charge is -2.13. The summed E-state index contributed by atoms with van der Waals surface area (Å²) in [6, 6.07) is 9.41. The van der Waals surface area contributed by atoms with Crippen molar-refractivity contribution < 1.29 is 13.2 Å². The van der Waals surface area contributed by atoms with Gasteiger partial charge in [-0.05, 0) is 55.0 Å². The third-order valence-electron chi connectivity index (χ3n) is 4.23. The molecule has 0 radical (unpaired) electrons. The summed E-state index contributed by atoms with van der Waals surface area (Å²) in [5, 5.41) is 10.9. The predicted octanol–water partition coefficient (Wildman–Crippen LogP) is 4.97. The maximum absolute atomic E-state index is 12.9. The maximum atomic E-state index is 12.9. The number of benzene rings is 2. The van der Waals surface area contributed by atoms with Gasteiger partial charge in [0, 0.05) is 5.56 Å². The number of anilines is 2. The molecule has 2 aromatic carbocycles. The van der Waals surface area contributed by atoms with E-state index in [4.69, 9.17) is 11.6 Å². The Labute approximate surface area is 188 Å². The lowest BCUT2D eigenvalue weighted by molar-refractivity contribution is 0.102. The van der Waals surface area contributed by atoms with Crippen LogP contribution in [0.25, 0.3) is 0 Å². The van der Waals surface area contributed by atoms with E-state index in [2.05, 4.69) is 20.2 Å². The summed E-state index contributed by atoms with van der Waals surface area (Å²) in [6.45, 7) is 5.71. The summed E-state index contributed by atoms with van der Waals surface area (Å²) >= 11 is 8.92. The third-order valence-corrected chi connectivity index (χ3v) is 7.93. The summed E-state index contributed by atoms with van der Waals surface area (Å²) in [7, 11) is -4.01. The van der Waals surface area contributed by atoms with Crippen LogP contribution in [0.2, 0.25) is 5.02 Å². The first-order valence-corrected chi connectivity index (χ1v) is 12.5. The molecule has 0 fully saturated rings. The number of carbonyl (C=O) groups excluding carboxylic acids is 1. The van der Waals surface area contributed by atoms with Gasteiger partial charge in [0.15, 0.2) is 4.34 Å². The van der Waals surface area contributed by atoms with E-state index in [0.29, 0.717) is 10.8 Å². The lowest BCUT2D eigenvalue weighted by Crippen LogP contribution is -2.17. The number of hydrogen-bond acceptors (Lipinski definition) is 7. The highest BCUT2D eigenvalue weighted by atomic mass is 35.5. The molecule has 1 aromatic heterocycles. The van der Waals surface area contributed by atoms with Gasteiger partial charge in [0.25, 0.3) is 15.9 Å². The van der Waals surface area contributed by atoms with E-state index < -0.39 is 15.9 Å². The van der Waals surface area contributed by atoms with Gasteiger partial charge in [0.05, 0.1) is 10.7 Å². The number of halogens is 1. The second kappa shape index (κ2) is 9.34. The molecule has 0 aliphatic carbocycles. The molecule has 1 amide bonds. The Hall–Kier alpha value is -2.14. The number of aryl methyl sites for hydroxylation is 1. The Kier molecular flexibility index (Phi) is 7.02. The van der Waals surface area contributed by atoms with Crippen molar-refractivity contribution in [1.82, 2.24) is 10.2 Å². The van der Waals surface area contributed by atoms with Gasteiger partial charge < -0.3 is 0 Å². The summed E-state index contributed by atoms with van der Waals surface area (Å²) in [4.78, 5) is 12.4. The fourth-order valence-electron chi connectivity index (χ4n) is 2.52. The van der Waals surface area contributed by atoms with Crippen LogP contribution in [0.15, 0.2) is 45.6 Å². The number of carbonyl (C=O) groups is 1. The van der Waals surface area contributed by atoms with Gasteiger partial charge in [-0.3, -0.25) is 14.8 Å². The second-order valence-corrected chi connectivity index (χ2v) is 10.8. The molecule has 3 aromatic rings. The topological polar surface area (TPSA) is 101 Å².